The Morgan fingerprint density at radius 1 is 1.19 bits per heavy atom. The lowest BCUT2D eigenvalue weighted by atomic mass is 10.2. The molecule has 2 aliphatic rings. The van der Waals surface area contributed by atoms with Crippen LogP contribution in [0.3, 0.4) is 0 Å². The summed E-state index contributed by atoms with van der Waals surface area (Å²) in [5.74, 6) is -2.10. The van der Waals surface area contributed by atoms with E-state index in [2.05, 4.69) is 0 Å². The summed E-state index contributed by atoms with van der Waals surface area (Å²) < 4.78 is 48.4. The molecule has 0 radical (unpaired) electrons. The van der Waals surface area contributed by atoms with Crippen LogP contribution in [0.1, 0.15) is 5.56 Å². The zero-order chi connectivity index (χ0) is 15.2. The average Bonchev–Trinajstić information content (AvgIpc) is 3.30. The topological polar surface area (TPSA) is 75.5 Å². The second-order valence-corrected chi connectivity index (χ2v) is 7.19. The van der Waals surface area contributed by atoms with Gasteiger partial charge in [-0.3, -0.25) is 14.7 Å². The van der Waals surface area contributed by atoms with Crippen LogP contribution in [0.2, 0.25) is 0 Å². The highest BCUT2D eigenvalue weighted by molar-refractivity contribution is 7.54. The maximum atomic E-state index is 13.7. The molecule has 0 N–H and O–H groups in total. The van der Waals surface area contributed by atoms with E-state index in [1.54, 1.807) is 9.34 Å². The molecule has 1 aromatic carbocycles. The maximum Gasteiger partial charge on any atom is 0.346 e. The van der Waals surface area contributed by atoms with E-state index in [1.807, 2.05) is 0 Å². The zero-order valence-corrected chi connectivity index (χ0v) is 11.8. The van der Waals surface area contributed by atoms with Gasteiger partial charge in [-0.1, -0.05) is 0 Å². The second-order valence-electron chi connectivity index (χ2n) is 4.82. The highest BCUT2D eigenvalue weighted by Gasteiger charge is 2.49. The maximum absolute atomic E-state index is 13.7. The molecule has 2 heterocycles. The quantitative estimate of drug-likeness (QED) is 0.346. The Kier molecular flexibility index (Phi) is 3.53. The largest absolute Gasteiger partial charge is 0.346 e. The van der Waals surface area contributed by atoms with Gasteiger partial charge in [0.05, 0.1) is 17.6 Å². The molecule has 0 aliphatic carbocycles. The van der Waals surface area contributed by atoms with E-state index in [9.17, 15) is 23.5 Å². The van der Waals surface area contributed by atoms with Gasteiger partial charge in [0, 0.05) is 31.7 Å². The molecule has 0 amide bonds. The van der Waals surface area contributed by atoms with Gasteiger partial charge in [0.2, 0.25) is 5.82 Å². The second kappa shape index (κ2) is 5.10. The first-order valence-corrected chi connectivity index (χ1v) is 7.82. The Labute approximate surface area is 118 Å². The van der Waals surface area contributed by atoms with Crippen LogP contribution < -0.4 is 0 Å². The van der Waals surface area contributed by atoms with Crippen molar-refractivity contribution >= 4 is 13.4 Å². The fourth-order valence-corrected chi connectivity index (χ4v) is 4.10. The minimum Gasteiger partial charge on any atom is -0.301 e. The summed E-state index contributed by atoms with van der Waals surface area (Å²) in [5, 5.41) is 10.5. The Morgan fingerprint density at radius 3 is 2.24 bits per heavy atom. The molecule has 0 unspecified atom stereocenters. The van der Waals surface area contributed by atoms with Crippen LogP contribution in [0.15, 0.2) is 12.1 Å². The van der Waals surface area contributed by atoms with Crippen molar-refractivity contribution in [3.05, 3.63) is 39.4 Å². The molecule has 114 valence electrons. The zero-order valence-electron chi connectivity index (χ0n) is 10.9. The normalized spacial score (nSPS) is 18.8. The third kappa shape index (κ3) is 2.82. The van der Waals surface area contributed by atoms with Gasteiger partial charge in [-0.05, 0) is 6.07 Å². The van der Waals surface area contributed by atoms with Gasteiger partial charge in [0.15, 0.2) is 0 Å². The summed E-state index contributed by atoms with van der Waals surface area (Å²) in [6.07, 6.45) is 0. The van der Waals surface area contributed by atoms with E-state index in [0.29, 0.717) is 38.3 Å². The molecule has 3 rings (SSSR count). The molecule has 2 fully saturated rings. The van der Waals surface area contributed by atoms with Crippen molar-refractivity contribution in [2.75, 3.05) is 26.2 Å². The molecule has 10 heteroatoms. The summed E-state index contributed by atoms with van der Waals surface area (Å²) in [4.78, 5) is 9.51. The minimum atomic E-state index is -3.13. The van der Waals surface area contributed by atoms with E-state index >= 15 is 0 Å². The smallest absolute Gasteiger partial charge is 0.301 e. The average molecular weight is 319 g/mol. The summed E-state index contributed by atoms with van der Waals surface area (Å²) in [6.45, 7) is 2.18. The molecule has 7 nitrogen and oxygen atoms in total. The lowest BCUT2D eigenvalue weighted by Crippen LogP contribution is -2.09. The number of nitrogens with zero attached hydrogens (tertiary/aromatic N) is 3. The molecule has 1 aromatic rings. The van der Waals surface area contributed by atoms with Crippen molar-refractivity contribution < 1.29 is 22.8 Å². The van der Waals surface area contributed by atoms with Crippen LogP contribution >= 0.6 is 7.67 Å². The van der Waals surface area contributed by atoms with Crippen LogP contribution in [-0.2, 0) is 15.7 Å². The highest BCUT2D eigenvalue weighted by atomic mass is 31.2. The number of rotatable bonds is 6. The minimum absolute atomic E-state index is 0.193. The number of nitro benzene ring substituents is 1. The fourth-order valence-electron chi connectivity index (χ4n) is 1.92. The van der Waals surface area contributed by atoms with Crippen molar-refractivity contribution in [2.45, 2.75) is 6.61 Å². The molecular formula is C11H12F2N3O4P. The number of benzene rings is 1. The molecule has 21 heavy (non-hydrogen) atoms. The highest BCUT2D eigenvalue weighted by Crippen LogP contribution is 2.61. The van der Waals surface area contributed by atoms with Crippen molar-refractivity contribution in [3.8, 4) is 0 Å². The van der Waals surface area contributed by atoms with Crippen LogP contribution in [0.4, 0.5) is 14.5 Å². The van der Waals surface area contributed by atoms with Crippen LogP contribution in [-0.4, -0.2) is 40.4 Å². The predicted octanol–water partition coefficient (Wildman–Crippen LogP) is 2.13. The Balaban J connectivity index is 1.77. The van der Waals surface area contributed by atoms with E-state index < -0.39 is 36.5 Å². The molecule has 0 atom stereocenters. The SMILES string of the molecule is O=[N+]([O-])c1cc(F)c(COP(=O)(N2CC2)N2CC2)cc1F. The van der Waals surface area contributed by atoms with Gasteiger partial charge < -0.3 is 4.52 Å². The number of halogens is 2. The third-order valence-corrected chi connectivity index (χ3v) is 5.96. The third-order valence-electron chi connectivity index (χ3n) is 3.26. The molecule has 0 bridgehead atoms. The van der Waals surface area contributed by atoms with Crippen molar-refractivity contribution in [2.24, 2.45) is 0 Å². The number of hydrogen-bond acceptors (Lipinski definition) is 4. The van der Waals surface area contributed by atoms with Crippen LogP contribution in [0, 0.1) is 21.7 Å². The Hall–Kier alpha value is -1.41. The Morgan fingerprint density at radius 2 is 1.76 bits per heavy atom. The number of hydrogen-bond donors (Lipinski definition) is 0. The summed E-state index contributed by atoms with van der Waals surface area (Å²) in [5.41, 5.74) is -1.13. The van der Waals surface area contributed by atoms with Gasteiger partial charge >= 0.3 is 13.4 Å². The van der Waals surface area contributed by atoms with E-state index in [4.69, 9.17) is 4.52 Å². The molecule has 0 aromatic heterocycles. The summed E-state index contributed by atoms with van der Waals surface area (Å²) >= 11 is 0. The van der Waals surface area contributed by atoms with Gasteiger partial charge in [0.25, 0.3) is 0 Å². The van der Waals surface area contributed by atoms with Crippen molar-refractivity contribution in [1.29, 1.82) is 0 Å². The molecule has 2 saturated heterocycles. The lowest BCUT2D eigenvalue weighted by molar-refractivity contribution is -0.387. The molecule has 2 aliphatic heterocycles. The van der Waals surface area contributed by atoms with E-state index in [-0.39, 0.29) is 5.56 Å². The monoisotopic (exact) mass is 319 g/mol. The lowest BCUT2D eigenvalue weighted by Gasteiger charge is -2.19. The van der Waals surface area contributed by atoms with Crippen molar-refractivity contribution in [3.63, 3.8) is 0 Å². The first-order valence-electron chi connectivity index (χ1n) is 6.29. The van der Waals surface area contributed by atoms with E-state index in [0.717, 1.165) is 0 Å². The van der Waals surface area contributed by atoms with Crippen molar-refractivity contribution in [1.82, 2.24) is 9.34 Å². The van der Waals surface area contributed by atoms with Crippen LogP contribution in [0.25, 0.3) is 0 Å². The predicted molar refractivity (Wildman–Crippen MR) is 68.6 cm³/mol. The summed E-state index contributed by atoms with van der Waals surface area (Å²) in [7, 11) is -3.13. The van der Waals surface area contributed by atoms with Gasteiger partial charge in [-0.2, -0.15) is 4.39 Å². The first-order chi connectivity index (χ1) is 9.91. The number of nitro groups is 1. The molecule has 0 saturated carbocycles. The Bertz CT molecular complexity index is 633. The molecular weight excluding hydrogens is 307 g/mol. The van der Waals surface area contributed by atoms with Crippen LogP contribution in [0.5, 0.6) is 0 Å². The standard InChI is InChI=1S/C11H12F2N3O4P/c12-9-6-11(16(17)18)10(13)5-8(9)7-20-21(19,14-1-2-14)15-3-4-15/h5-6H,1-4,7H2. The first kappa shape index (κ1) is 14.5. The summed E-state index contributed by atoms with van der Waals surface area (Å²) in [6, 6.07) is 1.22. The molecule has 0 spiro atoms. The fraction of sp³-hybridized carbons (Fsp3) is 0.455. The van der Waals surface area contributed by atoms with E-state index in [1.165, 1.54) is 0 Å². The van der Waals surface area contributed by atoms with Gasteiger partial charge in [-0.15, -0.1) is 0 Å². The van der Waals surface area contributed by atoms with Gasteiger partial charge in [0.1, 0.15) is 5.82 Å². The van der Waals surface area contributed by atoms with Gasteiger partial charge in [-0.25, -0.2) is 13.7 Å².